The van der Waals surface area contributed by atoms with E-state index >= 15 is 0 Å². The monoisotopic (exact) mass is 253 g/mol. The average Bonchev–Trinajstić information content (AvgIpc) is 2.37. The molecule has 2 heterocycles. The summed E-state index contributed by atoms with van der Waals surface area (Å²) in [7, 11) is 2.17. The topological polar surface area (TPSA) is 44.4 Å². The van der Waals surface area contributed by atoms with Gasteiger partial charge in [0, 0.05) is 13.1 Å². The molecule has 4 heteroatoms. The molecule has 2 rings (SSSR count). The van der Waals surface area contributed by atoms with E-state index in [0.717, 1.165) is 26.1 Å². The van der Waals surface area contributed by atoms with Gasteiger partial charge >= 0.3 is 0 Å². The fraction of sp³-hybridized carbons (Fsp3) is 0.929. The molecule has 0 bridgehead atoms. The van der Waals surface area contributed by atoms with Crippen LogP contribution in [0.1, 0.15) is 32.6 Å². The van der Waals surface area contributed by atoms with Gasteiger partial charge in [0.1, 0.15) is 0 Å². The number of piperidine rings is 2. The molecule has 2 aliphatic heterocycles. The van der Waals surface area contributed by atoms with Gasteiger partial charge < -0.3 is 15.5 Å². The van der Waals surface area contributed by atoms with E-state index in [1.54, 1.807) is 0 Å². The van der Waals surface area contributed by atoms with Crippen LogP contribution in [-0.2, 0) is 4.79 Å². The standard InChI is InChI=1S/C14H27N3O/c1-11-5-3-7-15-13(11)14(18)16-9-12-6-4-8-17(2)10-12/h11-13,15H,3-10H2,1-2H3,(H,16,18). The van der Waals surface area contributed by atoms with Crippen LogP contribution in [0.25, 0.3) is 0 Å². The van der Waals surface area contributed by atoms with Crippen molar-refractivity contribution in [1.82, 2.24) is 15.5 Å². The van der Waals surface area contributed by atoms with Crippen molar-refractivity contribution in [3.63, 3.8) is 0 Å². The van der Waals surface area contributed by atoms with Crippen molar-refractivity contribution in [2.24, 2.45) is 11.8 Å². The molecule has 3 atom stereocenters. The van der Waals surface area contributed by atoms with Gasteiger partial charge in [-0.1, -0.05) is 6.92 Å². The first kappa shape index (κ1) is 13.8. The van der Waals surface area contributed by atoms with Gasteiger partial charge in [0.15, 0.2) is 0 Å². The lowest BCUT2D eigenvalue weighted by Gasteiger charge is -2.32. The SMILES string of the molecule is CC1CCCNC1C(=O)NCC1CCCN(C)C1. The summed E-state index contributed by atoms with van der Waals surface area (Å²) in [5.74, 6) is 1.30. The van der Waals surface area contributed by atoms with Crippen molar-refractivity contribution in [3.05, 3.63) is 0 Å². The Hall–Kier alpha value is -0.610. The zero-order valence-electron chi connectivity index (χ0n) is 11.7. The summed E-state index contributed by atoms with van der Waals surface area (Å²) in [5.41, 5.74) is 0. The summed E-state index contributed by atoms with van der Waals surface area (Å²) in [6, 6.07) is 0.0278. The molecule has 0 radical (unpaired) electrons. The van der Waals surface area contributed by atoms with E-state index in [9.17, 15) is 4.79 Å². The quantitative estimate of drug-likeness (QED) is 0.783. The van der Waals surface area contributed by atoms with Crippen LogP contribution in [0.4, 0.5) is 0 Å². The van der Waals surface area contributed by atoms with E-state index in [1.807, 2.05) is 0 Å². The fourth-order valence-corrected chi connectivity index (χ4v) is 3.20. The van der Waals surface area contributed by atoms with Gasteiger partial charge in [-0.3, -0.25) is 4.79 Å². The highest BCUT2D eigenvalue weighted by molar-refractivity contribution is 5.82. The molecule has 18 heavy (non-hydrogen) atoms. The Balaban J connectivity index is 1.73. The molecule has 2 saturated heterocycles. The van der Waals surface area contributed by atoms with Crippen molar-refractivity contribution >= 4 is 5.91 Å². The molecule has 0 spiro atoms. The number of hydrogen-bond acceptors (Lipinski definition) is 3. The van der Waals surface area contributed by atoms with Gasteiger partial charge in [0.25, 0.3) is 0 Å². The second-order valence-electron chi connectivity index (χ2n) is 6.07. The maximum absolute atomic E-state index is 12.1. The number of carbonyl (C=O) groups excluding carboxylic acids is 1. The number of rotatable bonds is 3. The van der Waals surface area contributed by atoms with E-state index in [2.05, 4.69) is 29.5 Å². The first-order valence-electron chi connectivity index (χ1n) is 7.36. The van der Waals surface area contributed by atoms with E-state index in [1.165, 1.54) is 25.8 Å². The summed E-state index contributed by atoms with van der Waals surface area (Å²) in [6.07, 6.45) is 4.86. The lowest BCUT2D eigenvalue weighted by atomic mass is 9.92. The summed E-state index contributed by atoms with van der Waals surface area (Å²) in [4.78, 5) is 14.5. The summed E-state index contributed by atoms with van der Waals surface area (Å²) in [5, 5.41) is 6.49. The number of hydrogen-bond donors (Lipinski definition) is 2. The fourth-order valence-electron chi connectivity index (χ4n) is 3.20. The molecule has 1 amide bonds. The van der Waals surface area contributed by atoms with Crippen molar-refractivity contribution < 1.29 is 4.79 Å². The highest BCUT2D eigenvalue weighted by Gasteiger charge is 2.27. The Morgan fingerprint density at radius 2 is 2.22 bits per heavy atom. The van der Waals surface area contributed by atoms with Crippen LogP contribution in [0.2, 0.25) is 0 Å². The van der Waals surface area contributed by atoms with Gasteiger partial charge in [-0.05, 0) is 57.7 Å². The van der Waals surface area contributed by atoms with Crippen molar-refractivity contribution in [1.29, 1.82) is 0 Å². The van der Waals surface area contributed by atoms with Crippen molar-refractivity contribution in [3.8, 4) is 0 Å². The van der Waals surface area contributed by atoms with Crippen LogP contribution in [-0.4, -0.2) is 50.1 Å². The Morgan fingerprint density at radius 1 is 1.39 bits per heavy atom. The minimum atomic E-state index is 0.0278. The highest BCUT2D eigenvalue weighted by atomic mass is 16.2. The first-order chi connectivity index (χ1) is 8.66. The minimum absolute atomic E-state index is 0.0278. The van der Waals surface area contributed by atoms with E-state index in [4.69, 9.17) is 0 Å². The number of carbonyl (C=O) groups is 1. The molecule has 0 aromatic rings. The molecule has 0 aromatic carbocycles. The average molecular weight is 253 g/mol. The molecule has 104 valence electrons. The molecule has 4 nitrogen and oxygen atoms in total. The molecular formula is C14H27N3O. The second-order valence-corrected chi connectivity index (χ2v) is 6.07. The molecule has 2 N–H and O–H groups in total. The van der Waals surface area contributed by atoms with Crippen LogP contribution in [0, 0.1) is 11.8 Å². The number of likely N-dealkylation sites (tertiary alicyclic amines) is 1. The molecule has 2 aliphatic rings. The third kappa shape index (κ3) is 3.69. The molecule has 0 aliphatic carbocycles. The predicted molar refractivity (Wildman–Crippen MR) is 73.4 cm³/mol. The van der Waals surface area contributed by atoms with Gasteiger partial charge in [-0.25, -0.2) is 0 Å². The van der Waals surface area contributed by atoms with Crippen molar-refractivity contribution in [2.75, 3.05) is 33.2 Å². The summed E-state index contributed by atoms with van der Waals surface area (Å²) in [6.45, 7) is 6.31. The van der Waals surface area contributed by atoms with Gasteiger partial charge in [-0.2, -0.15) is 0 Å². The molecular weight excluding hydrogens is 226 g/mol. The van der Waals surface area contributed by atoms with Crippen LogP contribution in [0.15, 0.2) is 0 Å². The second kappa shape index (κ2) is 6.53. The molecule has 0 saturated carbocycles. The van der Waals surface area contributed by atoms with Gasteiger partial charge in [-0.15, -0.1) is 0 Å². The lowest BCUT2D eigenvalue weighted by molar-refractivity contribution is -0.125. The maximum Gasteiger partial charge on any atom is 0.237 e. The van der Waals surface area contributed by atoms with Crippen LogP contribution in [0.5, 0.6) is 0 Å². The van der Waals surface area contributed by atoms with E-state index in [-0.39, 0.29) is 11.9 Å². The Bertz CT molecular complexity index is 282. The molecule has 0 aromatic heterocycles. The van der Waals surface area contributed by atoms with Crippen LogP contribution >= 0.6 is 0 Å². The third-order valence-corrected chi connectivity index (χ3v) is 4.34. The molecule has 2 fully saturated rings. The lowest BCUT2D eigenvalue weighted by Crippen LogP contribution is -2.52. The molecule has 3 unspecified atom stereocenters. The van der Waals surface area contributed by atoms with Gasteiger partial charge in [0.2, 0.25) is 5.91 Å². The number of nitrogens with zero attached hydrogens (tertiary/aromatic N) is 1. The maximum atomic E-state index is 12.1. The van der Waals surface area contributed by atoms with Crippen LogP contribution in [0.3, 0.4) is 0 Å². The number of nitrogens with one attached hydrogen (secondary N) is 2. The minimum Gasteiger partial charge on any atom is -0.354 e. The Morgan fingerprint density at radius 3 is 2.94 bits per heavy atom. The summed E-state index contributed by atoms with van der Waals surface area (Å²) < 4.78 is 0. The summed E-state index contributed by atoms with van der Waals surface area (Å²) >= 11 is 0. The zero-order valence-corrected chi connectivity index (χ0v) is 11.7. The third-order valence-electron chi connectivity index (χ3n) is 4.34. The largest absolute Gasteiger partial charge is 0.354 e. The van der Waals surface area contributed by atoms with Crippen molar-refractivity contribution in [2.45, 2.75) is 38.6 Å². The Labute approximate surface area is 110 Å². The highest BCUT2D eigenvalue weighted by Crippen LogP contribution is 2.17. The van der Waals surface area contributed by atoms with E-state index in [0.29, 0.717) is 11.8 Å². The van der Waals surface area contributed by atoms with Crippen LogP contribution < -0.4 is 10.6 Å². The van der Waals surface area contributed by atoms with Gasteiger partial charge in [0.05, 0.1) is 6.04 Å². The number of amides is 1. The normalized spacial score (nSPS) is 34.2. The van der Waals surface area contributed by atoms with E-state index < -0.39 is 0 Å². The zero-order chi connectivity index (χ0) is 13.0. The first-order valence-corrected chi connectivity index (χ1v) is 7.36. The predicted octanol–water partition coefficient (Wildman–Crippen LogP) is 0.833. The smallest absolute Gasteiger partial charge is 0.237 e. The Kier molecular flexibility index (Phi) is 5.01.